The maximum Gasteiger partial charge on any atom is 0.519 e. The second-order valence-electron chi connectivity index (χ2n) is 6.39. The fraction of sp³-hybridized carbons (Fsp3) is 0.435. The molecule has 0 saturated carbocycles. The summed E-state index contributed by atoms with van der Waals surface area (Å²) in [6, 6.07) is 14.9. The molecule has 0 amide bonds. The van der Waals surface area contributed by atoms with Crippen LogP contribution < -0.4 is 9.47 Å². The summed E-state index contributed by atoms with van der Waals surface area (Å²) >= 11 is 0. The van der Waals surface area contributed by atoms with Crippen LogP contribution in [0.2, 0.25) is 0 Å². The first kappa shape index (κ1) is 21.9. The Balaban J connectivity index is 1.94. The van der Waals surface area contributed by atoms with Crippen LogP contribution in [-0.2, 0) is 22.3 Å². The molecule has 0 aliphatic heterocycles. The van der Waals surface area contributed by atoms with Crippen molar-refractivity contribution < 1.29 is 23.7 Å². The van der Waals surface area contributed by atoms with E-state index in [1.54, 1.807) is 12.1 Å². The summed E-state index contributed by atoms with van der Waals surface area (Å²) in [5.74, 6) is 0.993. The number of ether oxygens (including phenoxy) is 4. The van der Waals surface area contributed by atoms with Crippen molar-refractivity contribution in [2.24, 2.45) is 0 Å². The molecule has 2 rings (SSSR count). The van der Waals surface area contributed by atoms with E-state index in [4.69, 9.17) is 18.9 Å². The molecule has 2 aromatic carbocycles. The van der Waals surface area contributed by atoms with Crippen LogP contribution in [-0.4, -0.2) is 32.6 Å². The van der Waals surface area contributed by atoms with Gasteiger partial charge < -0.3 is 18.9 Å². The lowest BCUT2D eigenvalue weighted by Crippen LogP contribution is -2.16. The van der Waals surface area contributed by atoms with Crippen molar-refractivity contribution in [1.82, 2.24) is 0 Å². The lowest BCUT2D eigenvalue weighted by atomic mass is 10.1. The third-order valence-corrected chi connectivity index (χ3v) is 4.06. The fourth-order valence-corrected chi connectivity index (χ4v) is 2.68. The van der Waals surface area contributed by atoms with Crippen LogP contribution in [0.25, 0.3) is 0 Å². The molecule has 0 unspecified atom stereocenters. The van der Waals surface area contributed by atoms with Gasteiger partial charge in [0.1, 0.15) is 11.5 Å². The summed E-state index contributed by atoms with van der Waals surface area (Å²) in [5, 5.41) is 0. The van der Waals surface area contributed by atoms with Gasteiger partial charge in [-0.25, -0.2) is 4.79 Å². The summed E-state index contributed by atoms with van der Waals surface area (Å²) in [6.07, 6.45) is 2.56. The Morgan fingerprint density at radius 3 is 1.54 bits per heavy atom. The van der Waals surface area contributed by atoms with E-state index in [0.29, 0.717) is 37.6 Å². The van der Waals surface area contributed by atoms with Crippen molar-refractivity contribution in [2.45, 2.75) is 39.5 Å². The SMILES string of the molecule is CCCOCCc1ccccc1OC(=O)Oc1ccccc1CCOCCC. The molecule has 0 N–H and O–H groups in total. The lowest BCUT2D eigenvalue weighted by molar-refractivity contribution is 0.134. The summed E-state index contributed by atoms with van der Waals surface area (Å²) in [7, 11) is 0. The number of hydrogen-bond acceptors (Lipinski definition) is 5. The Hall–Kier alpha value is -2.37. The van der Waals surface area contributed by atoms with E-state index in [-0.39, 0.29) is 0 Å². The standard InChI is InChI=1S/C23H30O5/c1-3-15-25-17-13-19-9-5-7-11-21(19)27-23(24)28-22-12-8-6-10-20(22)14-18-26-16-4-2/h5-12H,3-4,13-18H2,1-2H3. The second-order valence-corrected chi connectivity index (χ2v) is 6.39. The smallest absolute Gasteiger partial charge is 0.394 e. The Bertz CT molecular complexity index is 654. The highest BCUT2D eigenvalue weighted by Crippen LogP contribution is 2.22. The van der Waals surface area contributed by atoms with E-state index in [1.165, 1.54) is 0 Å². The topological polar surface area (TPSA) is 54.0 Å². The lowest BCUT2D eigenvalue weighted by Gasteiger charge is -2.12. The summed E-state index contributed by atoms with van der Waals surface area (Å²) in [6.45, 7) is 6.77. The molecule has 0 saturated heterocycles. The van der Waals surface area contributed by atoms with E-state index in [9.17, 15) is 4.79 Å². The number of hydrogen-bond donors (Lipinski definition) is 0. The molecule has 0 bridgehead atoms. The molecule has 0 heterocycles. The molecule has 2 aromatic rings. The molecule has 0 radical (unpaired) electrons. The second kappa shape index (κ2) is 12.9. The number of carbonyl (C=O) groups excluding carboxylic acids is 1. The van der Waals surface area contributed by atoms with Crippen LogP contribution in [0.4, 0.5) is 4.79 Å². The molecule has 152 valence electrons. The maximum atomic E-state index is 12.3. The normalized spacial score (nSPS) is 10.6. The fourth-order valence-electron chi connectivity index (χ4n) is 2.68. The van der Waals surface area contributed by atoms with Gasteiger partial charge in [-0.15, -0.1) is 0 Å². The van der Waals surface area contributed by atoms with Gasteiger partial charge in [0.25, 0.3) is 0 Å². The van der Waals surface area contributed by atoms with E-state index < -0.39 is 6.16 Å². The van der Waals surface area contributed by atoms with Gasteiger partial charge in [-0.3, -0.25) is 0 Å². The molecule has 0 aromatic heterocycles. The largest absolute Gasteiger partial charge is 0.519 e. The van der Waals surface area contributed by atoms with Crippen LogP contribution in [0, 0.1) is 0 Å². The van der Waals surface area contributed by atoms with E-state index in [1.807, 2.05) is 36.4 Å². The Labute approximate surface area is 167 Å². The molecule has 0 atom stereocenters. The molecule has 5 heteroatoms. The van der Waals surface area contributed by atoms with Crippen molar-refractivity contribution in [1.29, 1.82) is 0 Å². The first-order valence-electron chi connectivity index (χ1n) is 9.95. The Kier molecular flexibility index (Phi) is 10.1. The molecule has 5 nitrogen and oxygen atoms in total. The minimum absolute atomic E-state index is 0.497. The molecule has 0 fully saturated rings. The zero-order valence-electron chi connectivity index (χ0n) is 16.8. The number of benzene rings is 2. The van der Waals surface area contributed by atoms with Gasteiger partial charge in [-0.1, -0.05) is 50.2 Å². The van der Waals surface area contributed by atoms with Crippen LogP contribution in [0.15, 0.2) is 48.5 Å². The predicted octanol–water partition coefficient (Wildman–Crippen LogP) is 5.20. The van der Waals surface area contributed by atoms with Crippen LogP contribution in [0.3, 0.4) is 0 Å². The molecule has 0 spiro atoms. The highest BCUT2D eigenvalue weighted by Gasteiger charge is 2.13. The van der Waals surface area contributed by atoms with Crippen LogP contribution in [0.5, 0.6) is 11.5 Å². The minimum Gasteiger partial charge on any atom is -0.394 e. The van der Waals surface area contributed by atoms with Gasteiger partial charge in [0.15, 0.2) is 0 Å². The van der Waals surface area contributed by atoms with Gasteiger partial charge >= 0.3 is 6.16 Å². The monoisotopic (exact) mass is 386 g/mol. The van der Waals surface area contributed by atoms with Gasteiger partial charge in [0.05, 0.1) is 13.2 Å². The zero-order valence-corrected chi connectivity index (χ0v) is 16.8. The van der Waals surface area contributed by atoms with Crippen molar-refractivity contribution >= 4 is 6.16 Å². The molecule has 28 heavy (non-hydrogen) atoms. The van der Waals surface area contributed by atoms with E-state index in [0.717, 1.165) is 37.2 Å². The molecule has 0 aliphatic rings. The molecular weight excluding hydrogens is 356 g/mol. The summed E-state index contributed by atoms with van der Waals surface area (Å²) < 4.78 is 22.0. The van der Waals surface area contributed by atoms with Crippen molar-refractivity contribution in [3.63, 3.8) is 0 Å². The number of para-hydroxylation sites is 2. The third kappa shape index (κ3) is 7.71. The minimum atomic E-state index is -0.746. The first-order chi connectivity index (χ1) is 13.7. The van der Waals surface area contributed by atoms with Crippen molar-refractivity contribution in [3.05, 3.63) is 59.7 Å². The third-order valence-electron chi connectivity index (χ3n) is 4.06. The maximum absolute atomic E-state index is 12.3. The Morgan fingerprint density at radius 1 is 0.679 bits per heavy atom. The molecule has 0 aliphatic carbocycles. The average Bonchev–Trinajstić information content (AvgIpc) is 2.71. The quantitative estimate of drug-likeness (QED) is 0.285. The van der Waals surface area contributed by atoms with E-state index >= 15 is 0 Å². The highest BCUT2D eigenvalue weighted by atomic mass is 16.7. The highest BCUT2D eigenvalue weighted by molar-refractivity contribution is 5.68. The summed E-state index contributed by atoms with van der Waals surface area (Å²) in [5.41, 5.74) is 1.83. The van der Waals surface area contributed by atoms with Gasteiger partial charge in [0, 0.05) is 13.2 Å². The number of carbonyl (C=O) groups is 1. The van der Waals surface area contributed by atoms with Crippen molar-refractivity contribution in [2.75, 3.05) is 26.4 Å². The average molecular weight is 386 g/mol. The van der Waals surface area contributed by atoms with Gasteiger partial charge in [-0.05, 0) is 48.9 Å². The van der Waals surface area contributed by atoms with E-state index in [2.05, 4.69) is 13.8 Å². The molecular formula is C23H30O5. The van der Waals surface area contributed by atoms with Crippen LogP contribution in [0.1, 0.15) is 37.8 Å². The summed E-state index contributed by atoms with van der Waals surface area (Å²) in [4.78, 5) is 12.3. The predicted molar refractivity (Wildman–Crippen MR) is 109 cm³/mol. The van der Waals surface area contributed by atoms with Crippen LogP contribution >= 0.6 is 0 Å². The Morgan fingerprint density at radius 2 is 1.11 bits per heavy atom. The zero-order chi connectivity index (χ0) is 20.0. The number of rotatable bonds is 12. The van der Waals surface area contributed by atoms with Gasteiger partial charge in [0.2, 0.25) is 0 Å². The van der Waals surface area contributed by atoms with Crippen molar-refractivity contribution in [3.8, 4) is 11.5 Å². The van der Waals surface area contributed by atoms with Gasteiger partial charge in [-0.2, -0.15) is 0 Å². The first-order valence-corrected chi connectivity index (χ1v) is 9.95.